The van der Waals surface area contributed by atoms with Crippen LogP contribution in [-0.2, 0) is 11.3 Å². The predicted octanol–water partition coefficient (Wildman–Crippen LogP) is 5.17. The summed E-state index contributed by atoms with van der Waals surface area (Å²) in [5.41, 5.74) is 2.35. The zero-order chi connectivity index (χ0) is 24.6. The number of hydrogen-bond acceptors (Lipinski definition) is 6. The molecule has 0 saturated carbocycles. The summed E-state index contributed by atoms with van der Waals surface area (Å²) in [7, 11) is 0. The first-order valence-electron chi connectivity index (χ1n) is 10.5. The van der Waals surface area contributed by atoms with Crippen LogP contribution in [0.2, 0.25) is 0 Å². The third-order valence-electron chi connectivity index (χ3n) is 5.16. The molecule has 1 N–H and O–H groups in total. The number of hydrogen-bond donors (Lipinski definition) is 1. The summed E-state index contributed by atoms with van der Waals surface area (Å²) in [4.78, 5) is 35.5. The Morgan fingerprint density at radius 2 is 2.09 bits per heavy atom. The van der Waals surface area contributed by atoms with Crippen molar-refractivity contribution in [3.05, 3.63) is 78.2 Å². The van der Waals surface area contributed by atoms with Gasteiger partial charge in [0.2, 0.25) is 0 Å². The van der Waals surface area contributed by atoms with Gasteiger partial charge in [-0.05, 0) is 51.3 Å². The lowest BCUT2D eigenvalue weighted by Crippen LogP contribution is -2.37. The molecule has 34 heavy (non-hydrogen) atoms. The SMILES string of the molecule is C=C/C=C(\N=C)Nc1ccc(-c2cnc3cc(F)ccn23)c2c1C(=O)N(C(=O)OC(C)(C)C)C2. The summed E-state index contributed by atoms with van der Waals surface area (Å²) in [5.74, 6) is -0.520. The molecule has 1 aliphatic heterocycles. The quantitative estimate of drug-likeness (QED) is 0.418. The lowest BCUT2D eigenvalue weighted by molar-refractivity contribution is 0.0248. The standard InChI is InChI=1S/C25H24FN5O3/c1-6-7-20(27-5)29-18-9-8-16(19-13-28-21-12-15(26)10-11-30(19)21)17-14-31(23(32)22(17)18)24(33)34-25(2,3)4/h6-13,29H,1,5,14H2,2-4H3/b20-7+. The van der Waals surface area contributed by atoms with E-state index in [4.69, 9.17) is 4.74 Å². The summed E-state index contributed by atoms with van der Waals surface area (Å²) < 4.78 is 20.8. The Morgan fingerprint density at radius 1 is 1.32 bits per heavy atom. The van der Waals surface area contributed by atoms with E-state index in [0.717, 1.165) is 4.90 Å². The molecule has 0 aliphatic carbocycles. The molecule has 0 saturated heterocycles. The summed E-state index contributed by atoms with van der Waals surface area (Å²) in [5, 5.41) is 3.07. The van der Waals surface area contributed by atoms with Gasteiger partial charge in [-0.25, -0.2) is 24.1 Å². The largest absolute Gasteiger partial charge is 0.443 e. The molecule has 1 aliphatic rings. The summed E-state index contributed by atoms with van der Waals surface area (Å²) in [6.07, 6.45) is 5.58. The Bertz CT molecular complexity index is 1370. The Balaban J connectivity index is 1.86. The summed E-state index contributed by atoms with van der Waals surface area (Å²) in [6.45, 7) is 12.4. The number of imidazole rings is 1. The second kappa shape index (κ2) is 8.58. The van der Waals surface area contributed by atoms with Crippen molar-refractivity contribution in [2.24, 2.45) is 4.99 Å². The third kappa shape index (κ3) is 4.19. The molecule has 2 amide bonds. The van der Waals surface area contributed by atoms with Crippen molar-refractivity contribution in [1.82, 2.24) is 14.3 Å². The number of nitrogens with one attached hydrogen (secondary N) is 1. The molecule has 0 spiro atoms. The number of nitrogens with zero attached hydrogens (tertiary/aromatic N) is 4. The van der Waals surface area contributed by atoms with Gasteiger partial charge < -0.3 is 10.1 Å². The fourth-order valence-corrected chi connectivity index (χ4v) is 3.77. The minimum Gasteiger partial charge on any atom is -0.443 e. The van der Waals surface area contributed by atoms with Crippen molar-refractivity contribution in [3.8, 4) is 11.3 Å². The van der Waals surface area contributed by atoms with Gasteiger partial charge in [-0.3, -0.25) is 9.20 Å². The number of halogens is 1. The lowest BCUT2D eigenvalue weighted by Gasteiger charge is -2.23. The van der Waals surface area contributed by atoms with Crippen molar-refractivity contribution in [2.45, 2.75) is 32.9 Å². The van der Waals surface area contributed by atoms with Gasteiger partial charge in [0.15, 0.2) is 0 Å². The average Bonchev–Trinajstić information content (AvgIpc) is 3.33. The van der Waals surface area contributed by atoms with Crippen molar-refractivity contribution >= 4 is 30.1 Å². The number of carbonyl (C=O) groups is 2. The van der Waals surface area contributed by atoms with Gasteiger partial charge >= 0.3 is 6.09 Å². The maximum Gasteiger partial charge on any atom is 0.417 e. The van der Waals surface area contributed by atoms with Crippen LogP contribution in [0, 0.1) is 5.82 Å². The fourth-order valence-electron chi connectivity index (χ4n) is 3.77. The van der Waals surface area contributed by atoms with Crippen LogP contribution < -0.4 is 5.32 Å². The van der Waals surface area contributed by atoms with E-state index < -0.39 is 23.4 Å². The molecule has 1 aromatic carbocycles. The minimum atomic E-state index is -0.769. The van der Waals surface area contributed by atoms with Crippen molar-refractivity contribution in [3.63, 3.8) is 0 Å². The fraction of sp³-hybridized carbons (Fsp3) is 0.200. The molecule has 8 nitrogen and oxygen atoms in total. The van der Waals surface area contributed by atoms with Crippen LogP contribution in [0.5, 0.6) is 0 Å². The van der Waals surface area contributed by atoms with Crippen LogP contribution in [0.1, 0.15) is 36.7 Å². The van der Waals surface area contributed by atoms with E-state index in [1.165, 1.54) is 18.2 Å². The maximum atomic E-state index is 13.7. The van der Waals surface area contributed by atoms with E-state index in [1.807, 2.05) is 6.07 Å². The van der Waals surface area contributed by atoms with E-state index in [0.29, 0.717) is 39.5 Å². The van der Waals surface area contributed by atoms with Gasteiger partial charge in [0.25, 0.3) is 5.91 Å². The monoisotopic (exact) mass is 461 g/mol. The van der Waals surface area contributed by atoms with Crippen molar-refractivity contribution in [1.29, 1.82) is 0 Å². The number of aromatic nitrogens is 2. The summed E-state index contributed by atoms with van der Waals surface area (Å²) in [6, 6.07) is 6.18. The predicted molar refractivity (Wildman–Crippen MR) is 128 cm³/mol. The number of ether oxygens (including phenoxy) is 1. The Labute approximate surface area is 196 Å². The van der Waals surface area contributed by atoms with Gasteiger partial charge in [0.1, 0.15) is 22.9 Å². The van der Waals surface area contributed by atoms with E-state index in [9.17, 15) is 14.0 Å². The molecule has 174 valence electrons. The second-order valence-corrected chi connectivity index (χ2v) is 8.67. The number of amides is 2. The number of benzene rings is 1. The van der Waals surface area contributed by atoms with Crippen molar-refractivity contribution in [2.75, 3.05) is 5.32 Å². The first-order valence-corrected chi connectivity index (χ1v) is 10.5. The first-order chi connectivity index (χ1) is 16.1. The highest BCUT2D eigenvalue weighted by Crippen LogP contribution is 2.38. The highest BCUT2D eigenvalue weighted by molar-refractivity contribution is 6.11. The van der Waals surface area contributed by atoms with Gasteiger partial charge in [-0.15, -0.1) is 0 Å². The lowest BCUT2D eigenvalue weighted by atomic mass is 9.99. The molecular formula is C25H24FN5O3. The van der Waals surface area contributed by atoms with Crippen LogP contribution in [0.15, 0.2) is 66.2 Å². The van der Waals surface area contributed by atoms with E-state index in [1.54, 1.807) is 49.7 Å². The molecule has 3 heterocycles. The molecule has 0 atom stereocenters. The highest BCUT2D eigenvalue weighted by Gasteiger charge is 2.38. The topological polar surface area (TPSA) is 88.3 Å². The number of imide groups is 1. The zero-order valence-electron chi connectivity index (χ0n) is 19.1. The van der Waals surface area contributed by atoms with Crippen LogP contribution >= 0.6 is 0 Å². The molecule has 3 aromatic rings. The number of pyridine rings is 1. The maximum absolute atomic E-state index is 13.7. The molecule has 0 unspecified atom stereocenters. The van der Waals surface area contributed by atoms with Crippen LogP contribution in [0.3, 0.4) is 0 Å². The second-order valence-electron chi connectivity index (χ2n) is 8.67. The van der Waals surface area contributed by atoms with Gasteiger partial charge in [0, 0.05) is 17.8 Å². The normalized spacial score (nSPS) is 13.7. The molecular weight excluding hydrogens is 437 g/mol. The van der Waals surface area contributed by atoms with Gasteiger partial charge in [0.05, 0.1) is 29.7 Å². The third-order valence-corrected chi connectivity index (χ3v) is 5.16. The van der Waals surface area contributed by atoms with Crippen LogP contribution in [0.4, 0.5) is 14.9 Å². The van der Waals surface area contributed by atoms with Crippen molar-refractivity contribution < 1.29 is 18.7 Å². The number of fused-ring (bicyclic) bond motifs is 2. The molecule has 9 heteroatoms. The number of allylic oxidation sites excluding steroid dienone is 2. The zero-order valence-corrected chi connectivity index (χ0v) is 19.1. The Hall–Kier alpha value is -4.27. The average molecular weight is 461 g/mol. The van der Waals surface area contributed by atoms with Gasteiger partial charge in [-0.2, -0.15) is 0 Å². The minimum absolute atomic E-state index is 0.00435. The van der Waals surface area contributed by atoms with Gasteiger partial charge in [-0.1, -0.05) is 18.7 Å². The van der Waals surface area contributed by atoms with E-state index in [2.05, 4.69) is 28.6 Å². The number of carbonyl (C=O) groups excluding carboxylic acids is 2. The number of rotatable bonds is 5. The van der Waals surface area contributed by atoms with Crippen LogP contribution in [0.25, 0.3) is 16.9 Å². The highest BCUT2D eigenvalue weighted by atomic mass is 19.1. The Morgan fingerprint density at radius 3 is 2.76 bits per heavy atom. The Kier molecular flexibility index (Phi) is 5.78. The van der Waals surface area contributed by atoms with E-state index >= 15 is 0 Å². The number of aliphatic imine (C=N–C) groups is 1. The molecule has 0 bridgehead atoms. The van der Waals surface area contributed by atoms with Crippen LogP contribution in [-0.4, -0.2) is 38.6 Å². The number of anilines is 1. The molecule has 2 aromatic heterocycles. The first kappa shape index (κ1) is 22.9. The summed E-state index contributed by atoms with van der Waals surface area (Å²) >= 11 is 0. The smallest absolute Gasteiger partial charge is 0.417 e. The van der Waals surface area contributed by atoms with E-state index in [-0.39, 0.29) is 6.54 Å². The molecule has 4 rings (SSSR count). The molecule has 0 fully saturated rings. The molecule has 0 radical (unpaired) electrons.